The Kier molecular flexibility index (Phi) is 2.85. The fourth-order valence-electron chi connectivity index (χ4n) is 1.14. The first kappa shape index (κ1) is 9.24. The van der Waals surface area contributed by atoms with E-state index in [0.29, 0.717) is 0 Å². The van der Waals surface area contributed by atoms with Crippen molar-refractivity contribution in [2.75, 3.05) is 6.61 Å². The lowest BCUT2D eigenvalue weighted by Crippen LogP contribution is -2.38. The zero-order valence-electron chi connectivity index (χ0n) is 6.43. The molecule has 0 aromatic heterocycles. The zero-order chi connectivity index (χ0) is 9.14. The Morgan fingerprint density at radius 2 is 2.42 bits per heavy atom. The lowest BCUT2D eigenvalue weighted by atomic mass is 10.2. The number of amides is 2. The first-order valence-electron chi connectivity index (χ1n) is 3.64. The van der Waals surface area contributed by atoms with Gasteiger partial charge in [-0.3, -0.25) is 0 Å². The molecule has 1 rings (SSSR count). The third-order valence-electron chi connectivity index (χ3n) is 1.71. The van der Waals surface area contributed by atoms with Gasteiger partial charge >= 0.3 is 6.03 Å². The molecule has 6 heteroatoms. The van der Waals surface area contributed by atoms with Gasteiger partial charge < -0.3 is 26.0 Å². The largest absolute Gasteiger partial charge is 0.394 e. The van der Waals surface area contributed by atoms with Crippen LogP contribution in [0.5, 0.6) is 0 Å². The van der Waals surface area contributed by atoms with Crippen LogP contribution in [0.1, 0.15) is 6.42 Å². The lowest BCUT2D eigenvalue weighted by Gasteiger charge is -2.11. The van der Waals surface area contributed by atoms with Crippen LogP contribution in [0.4, 0.5) is 4.79 Å². The Labute approximate surface area is 69.3 Å². The number of hydrogen-bond acceptors (Lipinski definition) is 4. The molecule has 0 radical (unpaired) electrons. The highest BCUT2D eigenvalue weighted by Crippen LogP contribution is 2.17. The molecule has 0 aromatic carbocycles. The summed E-state index contributed by atoms with van der Waals surface area (Å²) < 4.78 is 5.02. The molecular weight excluding hydrogens is 164 g/mol. The maximum Gasteiger partial charge on any atom is 0.314 e. The van der Waals surface area contributed by atoms with Crippen molar-refractivity contribution in [3.63, 3.8) is 0 Å². The monoisotopic (exact) mass is 176 g/mol. The molecule has 2 amide bonds. The number of aliphatic hydroxyl groups excluding tert-OH is 2. The number of rotatable bonds is 2. The highest BCUT2D eigenvalue weighted by Gasteiger charge is 2.33. The van der Waals surface area contributed by atoms with Crippen molar-refractivity contribution < 1.29 is 19.7 Å². The van der Waals surface area contributed by atoms with E-state index in [4.69, 9.17) is 15.6 Å². The Morgan fingerprint density at radius 3 is 2.83 bits per heavy atom. The molecule has 0 unspecified atom stereocenters. The molecule has 3 atom stereocenters. The summed E-state index contributed by atoms with van der Waals surface area (Å²) in [6, 6.07) is -0.703. The van der Waals surface area contributed by atoms with Crippen LogP contribution in [-0.2, 0) is 4.74 Å². The second-order valence-corrected chi connectivity index (χ2v) is 2.66. The molecule has 0 aliphatic carbocycles. The van der Waals surface area contributed by atoms with Crippen LogP contribution in [0.2, 0.25) is 0 Å². The number of nitrogens with two attached hydrogens (primary N) is 1. The number of ether oxygens (including phenoxy) is 1. The van der Waals surface area contributed by atoms with Gasteiger partial charge in [-0.25, -0.2) is 4.79 Å². The van der Waals surface area contributed by atoms with Crippen molar-refractivity contribution in [1.29, 1.82) is 0 Å². The number of urea groups is 1. The lowest BCUT2D eigenvalue weighted by molar-refractivity contribution is -0.0270. The predicted octanol–water partition coefficient (Wildman–Crippen LogP) is -1.88. The molecule has 0 saturated carbocycles. The first-order chi connectivity index (χ1) is 5.63. The zero-order valence-corrected chi connectivity index (χ0v) is 6.43. The minimum Gasteiger partial charge on any atom is -0.394 e. The van der Waals surface area contributed by atoms with Gasteiger partial charge in [0, 0.05) is 6.42 Å². The van der Waals surface area contributed by atoms with Crippen molar-refractivity contribution in [2.45, 2.75) is 24.9 Å². The summed E-state index contributed by atoms with van der Waals surface area (Å²) in [5, 5.41) is 20.1. The van der Waals surface area contributed by atoms with Crippen LogP contribution in [0.25, 0.3) is 0 Å². The van der Waals surface area contributed by atoms with E-state index in [2.05, 4.69) is 5.32 Å². The van der Waals surface area contributed by atoms with Crippen molar-refractivity contribution in [3.8, 4) is 0 Å². The molecule has 5 N–H and O–H groups in total. The summed E-state index contributed by atoms with van der Waals surface area (Å²) in [7, 11) is 0. The van der Waals surface area contributed by atoms with Gasteiger partial charge in [0.2, 0.25) is 0 Å². The van der Waals surface area contributed by atoms with E-state index in [1.54, 1.807) is 0 Å². The molecule has 1 saturated heterocycles. The SMILES string of the molecule is NC(=O)N[C@@H]1C[C@H](O)[C@@H](CO)O1. The molecule has 1 aliphatic heterocycles. The third-order valence-corrected chi connectivity index (χ3v) is 1.71. The van der Waals surface area contributed by atoms with Gasteiger partial charge in [-0.2, -0.15) is 0 Å². The predicted molar refractivity (Wildman–Crippen MR) is 39.1 cm³/mol. The molecule has 0 spiro atoms. The molecule has 12 heavy (non-hydrogen) atoms. The van der Waals surface area contributed by atoms with E-state index in [-0.39, 0.29) is 13.0 Å². The minimum atomic E-state index is -0.744. The van der Waals surface area contributed by atoms with Crippen molar-refractivity contribution in [2.24, 2.45) is 5.73 Å². The van der Waals surface area contributed by atoms with E-state index < -0.39 is 24.5 Å². The number of carbonyl (C=O) groups excluding carboxylic acids is 1. The summed E-state index contributed by atoms with van der Waals surface area (Å²) >= 11 is 0. The van der Waals surface area contributed by atoms with E-state index in [0.717, 1.165) is 0 Å². The number of primary amides is 1. The maximum atomic E-state index is 10.3. The molecule has 1 fully saturated rings. The average Bonchev–Trinajstić information content (AvgIpc) is 2.29. The van der Waals surface area contributed by atoms with Gasteiger partial charge in [0.15, 0.2) is 0 Å². The molecule has 1 heterocycles. The normalized spacial score (nSPS) is 35.0. The summed E-state index contributed by atoms with van der Waals surface area (Å²) in [6.07, 6.45) is -1.70. The van der Waals surface area contributed by atoms with Crippen LogP contribution in [-0.4, -0.2) is 41.3 Å². The molecule has 6 nitrogen and oxygen atoms in total. The first-order valence-corrected chi connectivity index (χ1v) is 3.64. The van der Waals surface area contributed by atoms with Crippen LogP contribution >= 0.6 is 0 Å². The summed E-state index contributed by atoms with van der Waals surface area (Å²) in [4.78, 5) is 10.3. The summed E-state index contributed by atoms with van der Waals surface area (Å²) in [5.74, 6) is 0. The van der Waals surface area contributed by atoms with Gasteiger partial charge in [0.1, 0.15) is 12.3 Å². The van der Waals surface area contributed by atoms with Gasteiger partial charge in [-0.05, 0) is 0 Å². The topological polar surface area (TPSA) is 105 Å². The molecule has 1 aliphatic rings. The van der Waals surface area contributed by atoms with Crippen molar-refractivity contribution >= 4 is 6.03 Å². The number of nitrogens with one attached hydrogen (secondary N) is 1. The summed E-state index contributed by atoms with van der Waals surface area (Å²) in [5.41, 5.74) is 4.83. The highest BCUT2D eigenvalue weighted by molar-refractivity contribution is 5.71. The fraction of sp³-hybridized carbons (Fsp3) is 0.833. The van der Waals surface area contributed by atoms with E-state index in [1.807, 2.05) is 0 Å². The second-order valence-electron chi connectivity index (χ2n) is 2.66. The third kappa shape index (κ3) is 2.07. The number of carbonyl (C=O) groups is 1. The number of aliphatic hydroxyl groups is 2. The fourth-order valence-corrected chi connectivity index (χ4v) is 1.14. The number of hydrogen-bond donors (Lipinski definition) is 4. The Balaban J connectivity index is 2.37. The van der Waals surface area contributed by atoms with Crippen LogP contribution in [0, 0.1) is 0 Å². The van der Waals surface area contributed by atoms with Gasteiger partial charge in [0.25, 0.3) is 0 Å². The quantitative estimate of drug-likeness (QED) is 0.395. The van der Waals surface area contributed by atoms with E-state index in [1.165, 1.54) is 0 Å². The van der Waals surface area contributed by atoms with Gasteiger partial charge in [0.05, 0.1) is 12.7 Å². The minimum absolute atomic E-state index is 0.258. The Hall–Kier alpha value is -0.850. The van der Waals surface area contributed by atoms with Gasteiger partial charge in [-0.15, -0.1) is 0 Å². The van der Waals surface area contributed by atoms with Crippen molar-refractivity contribution in [1.82, 2.24) is 5.32 Å². The second kappa shape index (κ2) is 3.70. The standard InChI is InChI=1S/C6H12N2O4/c7-6(11)8-5-1-3(10)4(2-9)12-5/h3-5,9-10H,1-2H2,(H3,7,8,11)/t3-,4+,5-/m0/s1. The average molecular weight is 176 g/mol. The van der Waals surface area contributed by atoms with E-state index >= 15 is 0 Å². The smallest absolute Gasteiger partial charge is 0.314 e. The molecule has 0 aromatic rings. The maximum absolute atomic E-state index is 10.3. The van der Waals surface area contributed by atoms with E-state index in [9.17, 15) is 9.90 Å². The van der Waals surface area contributed by atoms with Crippen LogP contribution < -0.4 is 11.1 Å². The van der Waals surface area contributed by atoms with Crippen LogP contribution in [0.15, 0.2) is 0 Å². The summed E-state index contributed by atoms with van der Waals surface area (Å²) in [6.45, 7) is -0.266. The highest BCUT2D eigenvalue weighted by atomic mass is 16.5. The van der Waals surface area contributed by atoms with Crippen molar-refractivity contribution in [3.05, 3.63) is 0 Å². The molecule has 0 bridgehead atoms. The Bertz CT molecular complexity index is 175. The Morgan fingerprint density at radius 1 is 1.75 bits per heavy atom. The van der Waals surface area contributed by atoms with Crippen LogP contribution in [0.3, 0.4) is 0 Å². The molecule has 70 valence electrons. The van der Waals surface area contributed by atoms with Gasteiger partial charge in [-0.1, -0.05) is 0 Å². The molecular formula is C6H12N2O4.